The number of hydrogen-bond donors (Lipinski definition) is 1. The maximum Gasteiger partial charge on any atom is 0.322 e. The van der Waals surface area contributed by atoms with Gasteiger partial charge in [0, 0.05) is 18.1 Å². The second kappa shape index (κ2) is 5.72. The fourth-order valence-corrected chi connectivity index (χ4v) is 1.65. The topological polar surface area (TPSA) is 51.2 Å². The first kappa shape index (κ1) is 11.1. The standard InChI is InChI=1S/C9H14N2O2S/c1-3-7(9(12)13-2)11-6-8-10-4-5-14-8/h4-5,7,11H,3,6H2,1-2H3. The van der Waals surface area contributed by atoms with Gasteiger partial charge in [-0.3, -0.25) is 10.1 Å². The Bertz CT molecular complexity index is 274. The zero-order valence-electron chi connectivity index (χ0n) is 8.32. The predicted octanol–water partition coefficient (Wildman–Crippen LogP) is 1.18. The zero-order valence-corrected chi connectivity index (χ0v) is 9.13. The molecule has 0 aliphatic carbocycles. The number of nitrogens with one attached hydrogen (secondary N) is 1. The molecule has 1 atom stereocenters. The third-order valence-corrected chi connectivity index (χ3v) is 2.66. The summed E-state index contributed by atoms with van der Waals surface area (Å²) in [4.78, 5) is 15.3. The molecule has 78 valence electrons. The Morgan fingerprint density at radius 2 is 2.57 bits per heavy atom. The average molecular weight is 214 g/mol. The number of ether oxygens (including phenoxy) is 1. The van der Waals surface area contributed by atoms with Gasteiger partial charge in [0.1, 0.15) is 11.0 Å². The van der Waals surface area contributed by atoms with E-state index in [0.717, 1.165) is 11.4 Å². The third-order valence-electron chi connectivity index (χ3n) is 1.88. The quantitative estimate of drug-likeness (QED) is 0.748. The summed E-state index contributed by atoms with van der Waals surface area (Å²) in [6.07, 6.45) is 2.47. The van der Waals surface area contributed by atoms with Crippen LogP contribution in [-0.4, -0.2) is 24.1 Å². The molecule has 14 heavy (non-hydrogen) atoms. The van der Waals surface area contributed by atoms with Gasteiger partial charge in [-0.25, -0.2) is 4.98 Å². The van der Waals surface area contributed by atoms with E-state index in [0.29, 0.717) is 6.54 Å². The average Bonchev–Trinajstić information content (AvgIpc) is 2.71. The van der Waals surface area contributed by atoms with Crippen LogP contribution in [0.1, 0.15) is 18.4 Å². The Labute approximate surface area is 87.3 Å². The summed E-state index contributed by atoms with van der Waals surface area (Å²) in [5.41, 5.74) is 0. The van der Waals surface area contributed by atoms with Gasteiger partial charge in [0.15, 0.2) is 0 Å². The number of rotatable bonds is 5. The molecule has 0 spiro atoms. The number of esters is 1. The normalized spacial score (nSPS) is 12.4. The van der Waals surface area contributed by atoms with Crippen LogP contribution in [0.15, 0.2) is 11.6 Å². The molecule has 0 radical (unpaired) electrons. The number of nitrogens with zero attached hydrogens (tertiary/aromatic N) is 1. The Hall–Kier alpha value is -0.940. The van der Waals surface area contributed by atoms with Crippen LogP contribution in [0.2, 0.25) is 0 Å². The first-order chi connectivity index (χ1) is 6.77. The number of hydrogen-bond acceptors (Lipinski definition) is 5. The monoisotopic (exact) mass is 214 g/mol. The highest BCUT2D eigenvalue weighted by molar-refractivity contribution is 7.09. The summed E-state index contributed by atoms with van der Waals surface area (Å²) < 4.78 is 4.65. The van der Waals surface area contributed by atoms with E-state index in [1.807, 2.05) is 12.3 Å². The van der Waals surface area contributed by atoms with E-state index >= 15 is 0 Å². The Morgan fingerprint density at radius 3 is 3.07 bits per heavy atom. The summed E-state index contributed by atoms with van der Waals surface area (Å²) in [5, 5.41) is 5.99. The Morgan fingerprint density at radius 1 is 1.79 bits per heavy atom. The molecule has 1 N–H and O–H groups in total. The van der Waals surface area contributed by atoms with E-state index in [-0.39, 0.29) is 12.0 Å². The van der Waals surface area contributed by atoms with Crippen molar-refractivity contribution >= 4 is 17.3 Å². The summed E-state index contributed by atoms with van der Waals surface area (Å²) in [6.45, 7) is 2.56. The van der Waals surface area contributed by atoms with Crippen molar-refractivity contribution in [2.45, 2.75) is 25.9 Å². The molecular weight excluding hydrogens is 200 g/mol. The molecule has 0 fully saturated rings. The molecule has 4 nitrogen and oxygen atoms in total. The van der Waals surface area contributed by atoms with Crippen molar-refractivity contribution in [1.82, 2.24) is 10.3 Å². The van der Waals surface area contributed by atoms with Crippen LogP contribution in [0.4, 0.5) is 0 Å². The van der Waals surface area contributed by atoms with Gasteiger partial charge in [0.2, 0.25) is 0 Å². The molecule has 0 bridgehead atoms. The fraction of sp³-hybridized carbons (Fsp3) is 0.556. The van der Waals surface area contributed by atoms with E-state index < -0.39 is 0 Å². The summed E-state index contributed by atoms with van der Waals surface area (Å²) in [6, 6.07) is -0.233. The Balaban J connectivity index is 2.38. The maximum absolute atomic E-state index is 11.2. The van der Waals surface area contributed by atoms with Gasteiger partial charge < -0.3 is 4.74 Å². The summed E-state index contributed by atoms with van der Waals surface area (Å²) in [7, 11) is 1.40. The number of methoxy groups -OCH3 is 1. The molecule has 0 saturated heterocycles. The number of carbonyl (C=O) groups is 1. The van der Waals surface area contributed by atoms with Crippen LogP contribution >= 0.6 is 11.3 Å². The van der Waals surface area contributed by atoms with Gasteiger partial charge in [0.05, 0.1) is 7.11 Å². The lowest BCUT2D eigenvalue weighted by Gasteiger charge is -2.12. The van der Waals surface area contributed by atoms with Crippen LogP contribution < -0.4 is 5.32 Å². The SMILES string of the molecule is CCC(NCc1nccs1)C(=O)OC. The van der Waals surface area contributed by atoms with Gasteiger partial charge in [0.25, 0.3) is 0 Å². The number of aromatic nitrogens is 1. The van der Waals surface area contributed by atoms with Crippen molar-refractivity contribution in [3.8, 4) is 0 Å². The summed E-state index contributed by atoms with van der Waals surface area (Å²) in [5.74, 6) is -0.218. The van der Waals surface area contributed by atoms with E-state index in [1.54, 1.807) is 17.5 Å². The van der Waals surface area contributed by atoms with E-state index in [2.05, 4.69) is 15.0 Å². The van der Waals surface area contributed by atoms with Gasteiger partial charge in [-0.15, -0.1) is 11.3 Å². The highest BCUT2D eigenvalue weighted by atomic mass is 32.1. The van der Waals surface area contributed by atoms with Gasteiger partial charge in [-0.2, -0.15) is 0 Å². The molecule has 0 saturated carbocycles. The van der Waals surface area contributed by atoms with Crippen LogP contribution in [0.3, 0.4) is 0 Å². The number of thiazole rings is 1. The minimum Gasteiger partial charge on any atom is -0.468 e. The second-order valence-electron chi connectivity index (χ2n) is 2.79. The fourth-order valence-electron chi connectivity index (χ4n) is 1.09. The molecule has 0 aliphatic rings. The van der Waals surface area contributed by atoms with Crippen LogP contribution in [0, 0.1) is 0 Å². The van der Waals surface area contributed by atoms with Crippen molar-refractivity contribution < 1.29 is 9.53 Å². The molecule has 0 amide bonds. The van der Waals surface area contributed by atoms with Crippen molar-refractivity contribution in [3.63, 3.8) is 0 Å². The minimum absolute atomic E-state index is 0.218. The molecule has 1 unspecified atom stereocenters. The van der Waals surface area contributed by atoms with Crippen molar-refractivity contribution in [1.29, 1.82) is 0 Å². The van der Waals surface area contributed by atoms with Crippen molar-refractivity contribution in [2.24, 2.45) is 0 Å². The first-order valence-corrected chi connectivity index (χ1v) is 5.35. The number of carbonyl (C=O) groups excluding carboxylic acids is 1. The minimum atomic E-state index is -0.233. The zero-order chi connectivity index (χ0) is 10.4. The van der Waals surface area contributed by atoms with E-state index in [9.17, 15) is 4.79 Å². The molecule has 0 aromatic carbocycles. The first-order valence-electron chi connectivity index (χ1n) is 4.47. The third kappa shape index (κ3) is 3.08. The predicted molar refractivity (Wildman–Crippen MR) is 55.0 cm³/mol. The van der Waals surface area contributed by atoms with Crippen LogP contribution in [-0.2, 0) is 16.1 Å². The van der Waals surface area contributed by atoms with Crippen molar-refractivity contribution in [2.75, 3.05) is 7.11 Å². The molecule has 0 aliphatic heterocycles. The second-order valence-corrected chi connectivity index (χ2v) is 3.77. The molecule has 1 rings (SSSR count). The highest BCUT2D eigenvalue weighted by Gasteiger charge is 2.15. The lowest BCUT2D eigenvalue weighted by Crippen LogP contribution is -2.36. The van der Waals surface area contributed by atoms with Gasteiger partial charge in [-0.1, -0.05) is 6.92 Å². The Kier molecular flexibility index (Phi) is 4.55. The summed E-state index contributed by atoms with van der Waals surface area (Å²) >= 11 is 1.57. The lowest BCUT2D eigenvalue weighted by molar-refractivity contribution is -0.143. The molecule has 1 aromatic rings. The maximum atomic E-state index is 11.2. The van der Waals surface area contributed by atoms with Gasteiger partial charge in [-0.05, 0) is 6.42 Å². The van der Waals surface area contributed by atoms with Crippen LogP contribution in [0.25, 0.3) is 0 Å². The van der Waals surface area contributed by atoms with Crippen molar-refractivity contribution in [3.05, 3.63) is 16.6 Å². The largest absolute Gasteiger partial charge is 0.468 e. The molecule has 5 heteroatoms. The van der Waals surface area contributed by atoms with E-state index in [4.69, 9.17) is 0 Å². The molecular formula is C9H14N2O2S. The highest BCUT2D eigenvalue weighted by Crippen LogP contribution is 2.04. The smallest absolute Gasteiger partial charge is 0.322 e. The lowest BCUT2D eigenvalue weighted by atomic mass is 10.2. The van der Waals surface area contributed by atoms with E-state index in [1.165, 1.54) is 7.11 Å². The molecule has 1 aromatic heterocycles. The van der Waals surface area contributed by atoms with Gasteiger partial charge >= 0.3 is 5.97 Å². The molecule has 1 heterocycles. The van der Waals surface area contributed by atoms with Crippen LogP contribution in [0.5, 0.6) is 0 Å².